The van der Waals surface area contributed by atoms with Crippen LogP contribution in [0.1, 0.15) is 12.8 Å². The monoisotopic (exact) mass is 421 g/mol. The van der Waals surface area contributed by atoms with Crippen LogP contribution in [0.15, 0.2) is 47.3 Å². The highest BCUT2D eigenvalue weighted by Crippen LogP contribution is 2.32. The second-order valence-corrected chi connectivity index (χ2v) is 7.61. The van der Waals surface area contributed by atoms with Crippen molar-refractivity contribution in [2.75, 3.05) is 18.0 Å². The van der Waals surface area contributed by atoms with E-state index < -0.39 is 11.6 Å². The van der Waals surface area contributed by atoms with Gasteiger partial charge in [0.15, 0.2) is 0 Å². The summed E-state index contributed by atoms with van der Waals surface area (Å²) in [7, 11) is 1.64. The molecule has 31 heavy (non-hydrogen) atoms. The Morgan fingerprint density at radius 3 is 2.35 bits per heavy atom. The molecule has 0 atom stereocenters. The fraction of sp³-hybridized carbons (Fsp3) is 0.261. The Kier molecular flexibility index (Phi) is 5.53. The molecule has 4 rings (SSSR count). The van der Waals surface area contributed by atoms with Gasteiger partial charge < -0.3 is 10.6 Å². The number of piperidine rings is 1. The third kappa shape index (κ3) is 3.92. The molecule has 0 bridgehead atoms. The number of anilines is 1. The van der Waals surface area contributed by atoms with Crippen molar-refractivity contribution in [3.63, 3.8) is 0 Å². The van der Waals surface area contributed by atoms with Gasteiger partial charge in [-0.3, -0.25) is 9.36 Å². The number of hydrogen-bond acceptors (Lipinski definition) is 4. The summed E-state index contributed by atoms with van der Waals surface area (Å²) in [4.78, 5) is 23.3. The van der Waals surface area contributed by atoms with Crippen LogP contribution in [0.25, 0.3) is 27.2 Å². The van der Waals surface area contributed by atoms with Crippen LogP contribution >= 0.6 is 0 Å². The van der Waals surface area contributed by atoms with Gasteiger partial charge in [0, 0.05) is 31.7 Å². The summed E-state index contributed by atoms with van der Waals surface area (Å²) in [5.74, 6) is -0.651. The van der Waals surface area contributed by atoms with Crippen molar-refractivity contribution < 1.29 is 8.78 Å². The summed E-state index contributed by atoms with van der Waals surface area (Å²) >= 11 is 0. The Morgan fingerprint density at radius 1 is 1.10 bits per heavy atom. The molecule has 1 aliphatic rings. The number of hydrogen-bond donors (Lipinski definition) is 1. The molecule has 2 aromatic carbocycles. The Morgan fingerprint density at radius 2 is 1.74 bits per heavy atom. The lowest BCUT2D eigenvalue weighted by atomic mass is 9.99. The lowest BCUT2D eigenvalue weighted by Crippen LogP contribution is -2.42. The van der Waals surface area contributed by atoms with E-state index in [0.717, 1.165) is 12.8 Å². The molecule has 0 saturated carbocycles. The molecule has 0 amide bonds. The second kappa shape index (κ2) is 8.28. The van der Waals surface area contributed by atoms with E-state index in [4.69, 9.17) is 17.3 Å². The van der Waals surface area contributed by atoms with Gasteiger partial charge in [-0.1, -0.05) is 24.3 Å². The van der Waals surface area contributed by atoms with Crippen LogP contribution in [0.2, 0.25) is 0 Å². The van der Waals surface area contributed by atoms with Crippen molar-refractivity contribution in [3.05, 3.63) is 75.9 Å². The van der Waals surface area contributed by atoms with Crippen molar-refractivity contribution in [1.29, 1.82) is 0 Å². The number of benzene rings is 2. The molecule has 0 spiro atoms. The quantitative estimate of drug-likeness (QED) is 0.652. The van der Waals surface area contributed by atoms with Gasteiger partial charge in [-0.15, -0.1) is 0 Å². The van der Waals surface area contributed by atoms with E-state index in [0.29, 0.717) is 30.2 Å². The Labute approximate surface area is 178 Å². The van der Waals surface area contributed by atoms with Gasteiger partial charge in [0.25, 0.3) is 5.56 Å². The fourth-order valence-corrected chi connectivity index (χ4v) is 3.80. The maximum atomic E-state index is 14.4. The molecule has 2 N–H and O–H groups in total. The first-order chi connectivity index (χ1) is 14.9. The van der Waals surface area contributed by atoms with Crippen molar-refractivity contribution in [2.24, 2.45) is 12.8 Å². The first-order valence-electron chi connectivity index (χ1n) is 9.94. The largest absolute Gasteiger partial charge is 0.342 e. The SMILES string of the molecule is [C-]#[N+]c1ccc(-c2nc(N3CCC(N)CC3)n(C)c(=O)c2-c2ccc(F)cc2)cc1F. The summed E-state index contributed by atoms with van der Waals surface area (Å²) in [6, 6.07) is 9.79. The van der Waals surface area contributed by atoms with Gasteiger partial charge in [0.1, 0.15) is 11.6 Å². The Hall–Kier alpha value is -3.57. The highest BCUT2D eigenvalue weighted by Gasteiger charge is 2.24. The molecule has 0 unspecified atom stereocenters. The normalized spacial score (nSPS) is 14.5. The van der Waals surface area contributed by atoms with Crippen LogP contribution in [0.3, 0.4) is 0 Å². The van der Waals surface area contributed by atoms with Gasteiger partial charge in [0.2, 0.25) is 11.6 Å². The zero-order valence-corrected chi connectivity index (χ0v) is 17.0. The highest BCUT2D eigenvalue weighted by molar-refractivity contribution is 5.81. The second-order valence-electron chi connectivity index (χ2n) is 7.61. The Bertz CT molecular complexity index is 1220. The van der Waals surface area contributed by atoms with Crippen molar-refractivity contribution in [2.45, 2.75) is 18.9 Å². The lowest BCUT2D eigenvalue weighted by molar-refractivity contribution is 0.490. The highest BCUT2D eigenvalue weighted by atomic mass is 19.1. The zero-order valence-electron chi connectivity index (χ0n) is 17.0. The fourth-order valence-electron chi connectivity index (χ4n) is 3.80. The van der Waals surface area contributed by atoms with Crippen LogP contribution in [0.4, 0.5) is 20.4 Å². The molecule has 0 radical (unpaired) electrons. The van der Waals surface area contributed by atoms with E-state index in [-0.39, 0.29) is 28.5 Å². The molecule has 1 aromatic heterocycles. The third-order valence-corrected chi connectivity index (χ3v) is 5.56. The van der Waals surface area contributed by atoms with E-state index >= 15 is 0 Å². The number of rotatable bonds is 3. The molecule has 2 heterocycles. The van der Waals surface area contributed by atoms with Crippen LogP contribution in [0, 0.1) is 18.2 Å². The van der Waals surface area contributed by atoms with Gasteiger partial charge >= 0.3 is 0 Å². The van der Waals surface area contributed by atoms with Crippen molar-refractivity contribution in [1.82, 2.24) is 9.55 Å². The summed E-state index contributed by atoms with van der Waals surface area (Å²) in [6.45, 7) is 8.38. The number of aromatic nitrogens is 2. The minimum absolute atomic E-state index is 0.110. The molecule has 1 saturated heterocycles. The summed E-state index contributed by atoms with van der Waals surface area (Å²) in [5, 5.41) is 0. The predicted molar refractivity (Wildman–Crippen MR) is 116 cm³/mol. The smallest absolute Gasteiger partial charge is 0.263 e. The molecule has 8 heteroatoms. The molecule has 6 nitrogen and oxygen atoms in total. The molecular formula is C23H21F2N5O. The van der Waals surface area contributed by atoms with E-state index in [2.05, 4.69) is 4.85 Å². The van der Waals surface area contributed by atoms with E-state index in [1.54, 1.807) is 13.1 Å². The average molecular weight is 421 g/mol. The molecule has 158 valence electrons. The summed E-state index contributed by atoms with van der Waals surface area (Å²) < 4.78 is 29.4. The maximum Gasteiger partial charge on any atom is 0.263 e. The number of nitrogens with two attached hydrogens (primary N) is 1. The van der Waals surface area contributed by atoms with Crippen LogP contribution in [-0.2, 0) is 7.05 Å². The van der Waals surface area contributed by atoms with Gasteiger partial charge in [-0.05, 0) is 36.6 Å². The minimum Gasteiger partial charge on any atom is -0.342 e. The van der Waals surface area contributed by atoms with Gasteiger partial charge in [0.05, 0.1) is 17.8 Å². The first kappa shape index (κ1) is 20.7. The molecule has 3 aromatic rings. The third-order valence-electron chi connectivity index (χ3n) is 5.56. The van der Waals surface area contributed by atoms with E-state index in [9.17, 15) is 13.6 Å². The molecule has 1 fully saturated rings. The summed E-state index contributed by atoms with van der Waals surface area (Å²) in [6.07, 6.45) is 1.55. The first-order valence-corrected chi connectivity index (χ1v) is 9.94. The van der Waals surface area contributed by atoms with Crippen LogP contribution in [0.5, 0.6) is 0 Å². The van der Waals surface area contributed by atoms with Gasteiger partial charge in [-0.25, -0.2) is 18.6 Å². The van der Waals surface area contributed by atoms with E-state index in [1.807, 2.05) is 4.90 Å². The van der Waals surface area contributed by atoms with E-state index in [1.165, 1.54) is 41.0 Å². The Balaban J connectivity index is 1.95. The van der Waals surface area contributed by atoms with Crippen molar-refractivity contribution in [3.8, 4) is 22.4 Å². The average Bonchev–Trinajstić information content (AvgIpc) is 2.77. The van der Waals surface area contributed by atoms with Crippen LogP contribution < -0.4 is 16.2 Å². The summed E-state index contributed by atoms with van der Waals surface area (Å²) in [5.41, 5.74) is 6.96. The van der Waals surface area contributed by atoms with Crippen LogP contribution in [-0.4, -0.2) is 28.7 Å². The minimum atomic E-state index is -0.689. The standard InChI is InChI=1S/C23H21F2N5O/c1-27-19-8-5-15(13-18(19)25)21-20(14-3-6-16(24)7-4-14)22(31)29(2)23(28-21)30-11-9-17(26)10-12-30/h3-8,13,17H,9-12,26H2,2H3. The lowest BCUT2D eigenvalue weighted by Gasteiger charge is -2.32. The predicted octanol–water partition coefficient (Wildman–Crippen LogP) is 3.87. The van der Waals surface area contributed by atoms with Gasteiger partial charge in [-0.2, -0.15) is 0 Å². The topological polar surface area (TPSA) is 68.5 Å². The zero-order chi connectivity index (χ0) is 22.1. The molecule has 0 aliphatic carbocycles. The number of halogens is 2. The molecule has 1 aliphatic heterocycles. The molecular weight excluding hydrogens is 400 g/mol. The number of nitrogens with zero attached hydrogens (tertiary/aromatic N) is 4. The maximum absolute atomic E-state index is 14.4. The van der Waals surface area contributed by atoms with Crippen molar-refractivity contribution >= 4 is 11.6 Å².